The molecule has 0 saturated carbocycles. The van der Waals surface area contributed by atoms with Crippen molar-refractivity contribution in [1.82, 2.24) is 9.88 Å². The highest BCUT2D eigenvalue weighted by molar-refractivity contribution is 5.85. The summed E-state index contributed by atoms with van der Waals surface area (Å²) in [6.45, 7) is 3.03. The van der Waals surface area contributed by atoms with Crippen molar-refractivity contribution in [1.29, 1.82) is 0 Å². The van der Waals surface area contributed by atoms with Gasteiger partial charge in [0.25, 0.3) is 0 Å². The van der Waals surface area contributed by atoms with Crippen LogP contribution in [-0.2, 0) is 11.2 Å². The number of benzene rings is 1. The summed E-state index contributed by atoms with van der Waals surface area (Å²) >= 11 is 0. The van der Waals surface area contributed by atoms with E-state index in [1.807, 2.05) is 6.07 Å². The number of carbonyl (C=O) groups excluding carboxylic acids is 1. The minimum atomic E-state index is 0.277. The van der Waals surface area contributed by atoms with Gasteiger partial charge in [-0.1, -0.05) is 79.8 Å². The molecule has 0 aliphatic carbocycles. The van der Waals surface area contributed by atoms with Crippen molar-refractivity contribution in [2.45, 2.75) is 83.6 Å². The second kappa shape index (κ2) is 18.7. The van der Waals surface area contributed by atoms with Crippen LogP contribution < -0.4 is 4.74 Å². The van der Waals surface area contributed by atoms with Crippen molar-refractivity contribution in [2.75, 3.05) is 13.7 Å². The average molecular weight is 541 g/mol. The van der Waals surface area contributed by atoms with Gasteiger partial charge in [-0.05, 0) is 88.0 Å². The van der Waals surface area contributed by atoms with Gasteiger partial charge in [0.1, 0.15) is 5.75 Å². The lowest BCUT2D eigenvalue weighted by Gasteiger charge is -2.24. The Hall–Kier alpha value is -3.53. The van der Waals surface area contributed by atoms with Gasteiger partial charge in [-0.15, -0.1) is 0 Å². The Kier molecular flexibility index (Phi) is 14.5. The molecule has 1 saturated heterocycles. The van der Waals surface area contributed by atoms with Crippen molar-refractivity contribution in [2.24, 2.45) is 0 Å². The smallest absolute Gasteiger partial charge is 0.223 e. The average Bonchev–Trinajstić information content (AvgIpc) is 3.61. The number of methoxy groups -OCH3 is 1. The predicted molar refractivity (Wildman–Crippen MR) is 171 cm³/mol. The highest BCUT2D eigenvalue weighted by Gasteiger charge is 2.28. The normalized spacial score (nSPS) is 16.6. The maximum Gasteiger partial charge on any atom is 0.223 e. The fourth-order valence-electron chi connectivity index (χ4n) is 5.07. The number of nitrogens with zero attached hydrogens (tertiary/aromatic N) is 1. The Labute approximate surface area is 241 Å². The molecule has 1 aromatic heterocycles. The van der Waals surface area contributed by atoms with E-state index in [0.717, 1.165) is 82.0 Å². The van der Waals surface area contributed by atoms with E-state index in [4.69, 9.17) is 4.74 Å². The Balaban J connectivity index is 1.28. The highest BCUT2D eigenvalue weighted by atomic mass is 16.5. The number of aromatic nitrogens is 1. The summed E-state index contributed by atoms with van der Waals surface area (Å²) in [6, 6.07) is 6.40. The minimum absolute atomic E-state index is 0.277. The van der Waals surface area contributed by atoms with Gasteiger partial charge in [-0.3, -0.25) is 4.79 Å². The summed E-state index contributed by atoms with van der Waals surface area (Å²) in [7, 11) is 1.70. The van der Waals surface area contributed by atoms with Crippen molar-refractivity contribution < 1.29 is 9.53 Å². The van der Waals surface area contributed by atoms with Crippen LogP contribution >= 0.6 is 0 Å². The fraction of sp³-hybridized carbons (Fsp3) is 0.417. The van der Waals surface area contributed by atoms with Crippen LogP contribution in [0.1, 0.15) is 76.7 Å². The van der Waals surface area contributed by atoms with E-state index in [0.29, 0.717) is 6.42 Å². The number of H-pyrrole nitrogens is 1. The van der Waals surface area contributed by atoms with Crippen LogP contribution in [0.3, 0.4) is 0 Å². The van der Waals surface area contributed by atoms with E-state index in [1.54, 1.807) is 7.11 Å². The predicted octanol–water partition coefficient (Wildman–Crippen LogP) is 9.19. The van der Waals surface area contributed by atoms with Crippen molar-refractivity contribution in [3.05, 3.63) is 103 Å². The lowest BCUT2D eigenvalue weighted by atomic mass is 10.0. The molecule has 0 spiro atoms. The molecule has 3 rings (SSSR count). The lowest BCUT2D eigenvalue weighted by molar-refractivity contribution is -0.131. The van der Waals surface area contributed by atoms with Gasteiger partial charge < -0.3 is 14.6 Å². The quantitative estimate of drug-likeness (QED) is 0.203. The number of likely N-dealkylation sites (tertiary alicyclic amines) is 1. The number of rotatable bonds is 17. The van der Waals surface area contributed by atoms with Gasteiger partial charge in [0.15, 0.2) is 0 Å². The lowest BCUT2D eigenvalue weighted by Crippen LogP contribution is -2.36. The molecule has 1 fully saturated rings. The number of nitrogens with one attached hydrogen (secondary N) is 1. The van der Waals surface area contributed by atoms with E-state index >= 15 is 0 Å². The zero-order chi connectivity index (χ0) is 28.3. The molecular weight excluding hydrogens is 492 g/mol. The molecule has 0 radical (unpaired) electrons. The maximum absolute atomic E-state index is 13.0. The third-order valence-corrected chi connectivity index (χ3v) is 7.25. The Bertz CT molecular complexity index is 1190. The van der Waals surface area contributed by atoms with E-state index in [1.165, 1.54) is 10.9 Å². The number of fused-ring (bicyclic) bond motifs is 1. The third kappa shape index (κ3) is 10.9. The molecule has 214 valence electrons. The third-order valence-electron chi connectivity index (χ3n) is 7.25. The first-order chi connectivity index (χ1) is 19.7. The Morgan fingerprint density at radius 1 is 0.900 bits per heavy atom. The summed E-state index contributed by atoms with van der Waals surface area (Å²) in [4.78, 5) is 18.4. The molecule has 0 bridgehead atoms. The number of carbonyl (C=O) groups is 1. The number of aromatic amines is 1. The topological polar surface area (TPSA) is 45.3 Å². The number of ether oxygens (including phenoxy) is 1. The molecule has 4 heteroatoms. The summed E-state index contributed by atoms with van der Waals surface area (Å²) in [5.41, 5.74) is 2.37. The van der Waals surface area contributed by atoms with Crippen molar-refractivity contribution in [3.63, 3.8) is 0 Å². The van der Waals surface area contributed by atoms with Crippen LogP contribution in [0.5, 0.6) is 5.75 Å². The molecular formula is C36H48N2O2. The first-order valence-electron chi connectivity index (χ1n) is 15.1. The number of allylic oxidation sites excluding steroid dienone is 12. The Morgan fingerprint density at radius 3 is 2.10 bits per heavy atom. The summed E-state index contributed by atoms with van der Waals surface area (Å²) < 4.78 is 5.41. The number of amides is 1. The van der Waals surface area contributed by atoms with Crippen LogP contribution in [0, 0.1) is 0 Å². The molecule has 1 amide bonds. The summed E-state index contributed by atoms with van der Waals surface area (Å²) in [5, 5.41) is 1.19. The molecule has 2 heterocycles. The second-order valence-electron chi connectivity index (χ2n) is 10.3. The van der Waals surface area contributed by atoms with Crippen LogP contribution in [0.4, 0.5) is 0 Å². The summed E-state index contributed by atoms with van der Waals surface area (Å²) in [6.07, 6.45) is 39.0. The van der Waals surface area contributed by atoms with Crippen LogP contribution in [0.2, 0.25) is 0 Å². The maximum atomic E-state index is 13.0. The van der Waals surface area contributed by atoms with Crippen molar-refractivity contribution in [3.8, 4) is 5.75 Å². The monoisotopic (exact) mass is 540 g/mol. The molecule has 2 aromatic rings. The largest absolute Gasteiger partial charge is 0.497 e. The highest BCUT2D eigenvalue weighted by Crippen LogP contribution is 2.28. The SMILES string of the molecule is CC/C=C\C/C=C\C/C=C\C/C=C\C/C=C\C/C=C\CCC(=O)N1CCCC1Cc1c[nH]c2ccc(OC)cc12. The zero-order valence-electron chi connectivity index (χ0n) is 24.6. The second-order valence-corrected chi connectivity index (χ2v) is 10.3. The van der Waals surface area contributed by atoms with Crippen molar-refractivity contribution >= 4 is 16.8 Å². The first kappa shape index (κ1) is 31.0. The number of hydrogen-bond donors (Lipinski definition) is 1. The zero-order valence-corrected chi connectivity index (χ0v) is 24.6. The van der Waals surface area contributed by atoms with E-state index in [9.17, 15) is 4.79 Å². The summed E-state index contributed by atoms with van der Waals surface area (Å²) in [5.74, 6) is 1.14. The standard InChI is InChI=1S/C36H48N2O2/c1-3-4-5-6-7-8-9-10-11-12-13-14-15-16-17-18-19-20-21-24-36(39)38-27-22-23-32(38)28-31-30-37-35-26-25-33(40-2)29-34(31)35/h4-5,7-8,10-11,13-14,16-17,19-20,25-26,29-30,32,37H,3,6,9,12,15,18,21-24,27-28H2,1-2H3/b5-4-,8-7-,11-10-,14-13-,17-16-,20-19-. The molecule has 1 aliphatic heterocycles. The molecule has 40 heavy (non-hydrogen) atoms. The van der Waals surface area contributed by atoms with Gasteiger partial charge in [-0.2, -0.15) is 0 Å². The number of hydrogen-bond acceptors (Lipinski definition) is 2. The molecule has 1 aliphatic rings. The molecule has 1 atom stereocenters. The minimum Gasteiger partial charge on any atom is -0.497 e. The van der Waals surface area contributed by atoms with Gasteiger partial charge in [0.2, 0.25) is 5.91 Å². The van der Waals surface area contributed by atoms with Crippen LogP contribution in [-0.4, -0.2) is 35.5 Å². The van der Waals surface area contributed by atoms with Crippen LogP contribution in [0.25, 0.3) is 10.9 Å². The van der Waals surface area contributed by atoms with Crippen LogP contribution in [0.15, 0.2) is 97.3 Å². The van der Waals surface area contributed by atoms with Gasteiger partial charge in [0, 0.05) is 36.1 Å². The molecule has 4 nitrogen and oxygen atoms in total. The van der Waals surface area contributed by atoms with Gasteiger partial charge >= 0.3 is 0 Å². The molecule has 1 N–H and O–H groups in total. The molecule has 1 aromatic carbocycles. The molecule has 1 unspecified atom stereocenters. The fourth-order valence-corrected chi connectivity index (χ4v) is 5.07. The Morgan fingerprint density at radius 2 is 1.50 bits per heavy atom. The van der Waals surface area contributed by atoms with E-state index < -0.39 is 0 Å². The van der Waals surface area contributed by atoms with Gasteiger partial charge in [-0.25, -0.2) is 0 Å². The van der Waals surface area contributed by atoms with Gasteiger partial charge in [0.05, 0.1) is 7.11 Å². The first-order valence-corrected chi connectivity index (χ1v) is 15.1. The van der Waals surface area contributed by atoms with E-state index in [2.05, 4.69) is 108 Å². The van der Waals surface area contributed by atoms with E-state index in [-0.39, 0.29) is 11.9 Å².